The highest BCUT2D eigenvalue weighted by Crippen LogP contribution is 2.16. The number of pyridine rings is 1. The summed E-state index contributed by atoms with van der Waals surface area (Å²) in [7, 11) is 7.46. The van der Waals surface area contributed by atoms with Gasteiger partial charge >= 0.3 is 0 Å². The molecule has 0 saturated carbocycles. The van der Waals surface area contributed by atoms with E-state index in [1.807, 2.05) is 12.3 Å². The molecule has 0 amide bonds. The highest BCUT2D eigenvalue weighted by Gasteiger charge is 2.14. The third-order valence-corrected chi connectivity index (χ3v) is 2.98. The Bertz CT molecular complexity index is 630. The van der Waals surface area contributed by atoms with Crippen LogP contribution in [-0.4, -0.2) is 29.4 Å². The molecular formula is C11H11BN4. The number of fused-ring (bicyclic) bond motifs is 3. The van der Waals surface area contributed by atoms with Crippen LogP contribution in [0, 0.1) is 0 Å². The Morgan fingerprint density at radius 3 is 3.19 bits per heavy atom. The zero-order valence-electron chi connectivity index (χ0n) is 9.14. The molecule has 3 heterocycles. The fraction of sp³-hybridized carbons (Fsp3) is 0.364. The molecule has 0 aromatic carbocycles. The Kier molecular flexibility index (Phi) is 2.06. The first-order valence-electron chi connectivity index (χ1n) is 5.37. The maximum atomic E-state index is 5.70. The van der Waals surface area contributed by atoms with Gasteiger partial charge in [-0.1, -0.05) is 0 Å². The van der Waals surface area contributed by atoms with Crippen molar-refractivity contribution < 1.29 is 0 Å². The topological polar surface area (TPSA) is 43.1 Å². The van der Waals surface area contributed by atoms with E-state index >= 15 is 0 Å². The van der Waals surface area contributed by atoms with Gasteiger partial charge in [0, 0.05) is 25.4 Å². The minimum atomic E-state index is 0.512. The van der Waals surface area contributed by atoms with Gasteiger partial charge in [-0.2, -0.15) is 0 Å². The summed E-state index contributed by atoms with van der Waals surface area (Å²) in [5, 5.41) is 0.987. The van der Waals surface area contributed by atoms with Gasteiger partial charge in [-0.15, -0.1) is 0 Å². The van der Waals surface area contributed by atoms with Gasteiger partial charge < -0.3 is 4.57 Å². The molecule has 16 heavy (non-hydrogen) atoms. The Balaban J connectivity index is 2.51. The van der Waals surface area contributed by atoms with E-state index in [1.54, 1.807) is 7.05 Å². The molecule has 2 aromatic heterocycles. The SMILES string of the molecule is [B]c1cc2c(=NC)nc3n(c2cn1)CCC3. The largest absolute Gasteiger partial charge is 0.328 e. The molecule has 0 bridgehead atoms. The maximum absolute atomic E-state index is 5.70. The van der Waals surface area contributed by atoms with Gasteiger partial charge in [-0.3, -0.25) is 9.98 Å². The summed E-state index contributed by atoms with van der Waals surface area (Å²) in [6, 6.07) is 1.84. The molecule has 0 spiro atoms. The smallest absolute Gasteiger partial charge is 0.158 e. The van der Waals surface area contributed by atoms with Crippen LogP contribution in [0.15, 0.2) is 17.3 Å². The van der Waals surface area contributed by atoms with Crippen LogP contribution in [0.25, 0.3) is 10.9 Å². The van der Waals surface area contributed by atoms with Crippen LogP contribution in [0.5, 0.6) is 0 Å². The minimum Gasteiger partial charge on any atom is -0.328 e. The lowest BCUT2D eigenvalue weighted by atomic mass is 10.0. The van der Waals surface area contributed by atoms with Gasteiger partial charge in [0.2, 0.25) is 0 Å². The van der Waals surface area contributed by atoms with Crippen molar-refractivity contribution >= 4 is 24.3 Å². The lowest BCUT2D eigenvalue weighted by molar-refractivity contribution is 0.760. The van der Waals surface area contributed by atoms with E-state index in [0.717, 1.165) is 41.6 Å². The van der Waals surface area contributed by atoms with Gasteiger partial charge in [0.1, 0.15) is 13.7 Å². The summed E-state index contributed by atoms with van der Waals surface area (Å²) in [5.41, 5.74) is 2.35. The van der Waals surface area contributed by atoms with E-state index in [-0.39, 0.29) is 0 Å². The van der Waals surface area contributed by atoms with E-state index in [9.17, 15) is 0 Å². The summed E-state index contributed by atoms with van der Waals surface area (Å²) in [6.07, 6.45) is 3.97. The molecule has 1 aliphatic heterocycles. The molecule has 1 aliphatic rings. The predicted octanol–water partition coefficient (Wildman–Crippen LogP) is -0.298. The average Bonchev–Trinajstić information content (AvgIpc) is 2.75. The summed E-state index contributed by atoms with van der Waals surface area (Å²) in [4.78, 5) is 12.9. The second kappa shape index (κ2) is 3.44. The van der Waals surface area contributed by atoms with E-state index < -0.39 is 0 Å². The van der Waals surface area contributed by atoms with E-state index in [4.69, 9.17) is 7.85 Å². The zero-order valence-corrected chi connectivity index (χ0v) is 9.14. The minimum absolute atomic E-state index is 0.512. The third-order valence-electron chi connectivity index (χ3n) is 2.98. The van der Waals surface area contributed by atoms with Crippen molar-refractivity contribution in [3.05, 3.63) is 23.6 Å². The Labute approximate surface area is 94.5 Å². The van der Waals surface area contributed by atoms with Crippen LogP contribution in [0.1, 0.15) is 12.2 Å². The number of nitrogens with zero attached hydrogens (tertiary/aromatic N) is 4. The van der Waals surface area contributed by atoms with Crippen molar-refractivity contribution in [3.8, 4) is 0 Å². The first-order valence-corrected chi connectivity index (χ1v) is 5.37. The first kappa shape index (κ1) is 9.57. The molecule has 4 nitrogen and oxygen atoms in total. The van der Waals surface area contributed by atoms with Crippen LogP contribution in [0.4, 0.5) is 0 Å². The standard InChI is InChI=1S/C11H11BN4/c1-13-11-7-5-9(12)14-6-8(7)16-4-2-3-10(16)15-11/h5-6H,2-4H2,1H3. The average molecular weight is 210 g/mol. The van der Waals surface area contributed by atoms with Crippen molar-refractivity contribution in [2.45, 2.75) is 19.4 Å². The fourth-order valence-electron chi connectivity index (χ4n) is 2.25. The zero-order chi connectivity index (χ0) is 11.1. The monoisotopic (exact) mass is 210 g/mol. The van der Waals surface area contributed by atoms with E-state index in [1.165, 1.54) is 0 Å². The first-order chi connectivity index (χ1) is 7.79. The van der Waals surface area contributed by atoms with Gasteiger partial charge in [0.25, 0.3) is 0 Å². The molecule has 0 fully saturated rings. The van der Waals surface area contributed by atoms with E-state index in [0.29, 0.717) is 5.59 Å². The van der Waals surface area contributed by atoms with Crippen molar-refractivity contribution in [1.29, 1.82) is 0 Å². The van der Waals surface area contributed by atoms with Crippen molar-refractivity contribution in [2.75, 3.05) is 7.05 Å². The third kappa shape index (κ3) is 1.27. The normalized spacial score (nSPS) is 15.7. The molecule has 2 aromatic rings. The quantitative estimate of drug-likeness (QED) is 0.560. The number of rotatable bonds is 0. The number of hydrogen-bond donors (Lipinski definition) is 0. The fourth-order valence-corrected chi connectivity index (χ4v) is 2.25. The summed E-state index contributed by atoms with van der Waals surface area (Å²) in [5.74, 6) is 1.10. The number of aromatic nitrogens is 3. The maximum Gasteiger partial charge on any atom is 0.158 e. The van der Waals surface area contributed by atoms with Gasteiger partial charge in [0.05, 0.1) is 11.7 Å². The highest BCUT2D eigenvalue weighted by atomic mass is 15.1. The second-order valence-electron chi connectivity index (χ2n) is 3.96. The van der Waals surface area contributed by atoms with Gasteiger partial charge in [-0.25, -0.2) is 4.98 Å². The van der Waals surface area contributed by atoms with E-state index in [2.05, 4.69) is 19.5 Å². The summed E-state index contributed by atoms with van der Waals surface area (Å²) in [6.45, 7) is 1.01. The summed E-state index contributed by atoms with van der Waals surface area (Å²) >= 11 is 0. The van der Waals surface area contributed by atoms with Crippen molar-refractivity contribution in [2.24, 2.45) is 4.99 Å². The van der Waals surface area contributed by atoms with Gasteiger partial charge in [-0.05, 0) is 18.1 Å². The lowest BCUT2D eigenvalue weighted by Crippen LogP contribution is -2.19. The Morgan fingerprint density at radius 1 is 1.50 bits per heavy atom. The number of aryl methyl sites for hydroxylation is 2. The molecule has 78 valence electrons. The predicted molar refractivity (Wildman–Crippen MR) is 62.7 cm³/mol. The van der Waals surface area contributed by atoms with Crippen LogP contribution in [0.3, 0.4) is 0 Å². The lowest BCUT2D eigenvalue weighted by Gasteiger charge is -2.09. The highest BCUT2D eigenvalue weighted by molar-refractivity contribution is 6.31. The number of hydrogen-bond acceptors (Lipinski definition) is 3. The molecule has 5 heteroatoms. The Morgan fingerprint density at radius 2 is 2.38 bits per heavy atom. The summed E-state index contributed by atoms with van der Waals surface area (Å²) < 4.78 is 2.20. The van der Waals surface area contributed by atoms with Crippen LogP contribution >= 0.6 is 0 Å². The second-order valence-corrected chi connectivity index (χ2v) is 3.96. The van der Waals surface area contributed by atoms with Crippen molar-refractivity contribution in [1.82, 2.24) is 14.5 Å². The van der Waals surface area contributed by atoms with Crippen LogP contribution < -0.4 is 11.1 Å². The molecule has 3 rings (SSSR count). The molecular weight excluding hydrogens is 199 g/mol. The van der Waals surface area contributed by atoms with Crippen LogP contribution in [0.2, 0.25) is 0 Å². The van der Waals surface area contributed by atoms with Crippen LogP contribution in [-0.2, 0) is 13.0 Å². The molecule has 2 radical (unpaired) electrons. The van der Waals surface area contributed by atoms with Crippen molar-refractivity contribution in [3.63, 3.8) is 0 Å². The molecule has 0 saturated heterocycles. The molecule has 0 aliphatic carbocycles. The van der Waals surface area contributed by atoms with Gasteiger partial charge in [0.15, 0.2) is 5.49 Å². The molecule has 0 atom stereocenters. The molecule has 0 unspecified atom stereocenters. The Hall–Kier alpha value is -1.65. The molecule has 0 N–H and O–H groups in total.